The van der Waals surface area contributed by atoms with Crippen LogP contribution in [0, 0.1) is 0 Å². The Kier molecular flexibility index (Phi) is 4.88. The summed E-state index contributed by atoms with van der Waals surface area (Å²) in [6, 6.07) is 12.6. The number of halogens is 2. The number of rotatable bonds is 4. The topological polar surface area (TPSA) is 38.3 Å². The van der Waals surface area contributed by atoms with E-state index in [2.05, 4.69) is 10.1 Å². The Balaban J connectivity index is 2.00. The summed E-state index contributed by atoms with van der Waals surface area (Å²) in [4.78, 5) is 11.3. The lowest BCUT2D eigenvalue weighted by Gasteiger charge is -2.08. The van der Waals surface area contributed by atoms with E-state index < -0.39 is 0 Å². The van der Waals surface area contributed by atoms with E-state index in [1.165, 1.54) is 7.11 Å². The third kappa shape index (κ3) is 3.65. The van der Waals surface area contributed by atoms with Gasteiger partial charge in [-0.3, -0.25) is 0 Å². The summed E-state index contributed by atoms with van der Waals surface area (Å²) in [5.74, 6) is -0.339. The molecule has 0 unspecified atom stereocenters. The Morgan fingerprint density at radius 3 is 2.40 bits per heavy atom. The fourth-order valence-electron chi connectivity index (χ4n) is 1.69. The summed E-state index contributed by atoms with van der Waals surface area (Å²) in [6.45, 7) is 0.624. The van der Waals surface area contributed by atoms with Crippen LogP contribution in [-0.2, 0) is 11.3 Å². The van der Waals surface area contributed by atoms with Crippen LogP contribution in [0.4, 0.5) is 5.69 Å². The van der Waals surface area contributed by atoms with Gasteiger partial charge in [0, 0.05) is 12.2 Å². The Hall–Kier alpha value is -1.71. The maximum Gasteiger partial charge on any atom is 0.337 e. The first-order valence-electron chi connectivity index (χ1n) is 5.96. The van der Waals surface area contributed by atoms with Crippen molar-refractivity contribution < 1.29 is 9.53 Å². The molecule has 0 spiro atoms. The maximum atomic E-state index is 11.3. The molecule has 0 aliphatic rings. The highest BCUT2D eigenvalue weighted by Crippen LogP contribution is 2.25. The van der Waals surface area contributed by atoms with E-state index in [9.17, 15) is 4.79 Å². The summed E-state index contributed by atoms with van der Waals surface area (Å²) in [5.41, 5.74) is 2.46. The Bertz CT molecular complexity index is 612. The fourth-order valence-corrected chi connectivity index (χ4v) is 1.98. The maximum absolute atomic E-state index is 11.3. The SMILES string of the molecule is COC(=O)c1ccc(CNc2ccc(Cl)c(Cl)c2)cc1. The molecule has 0 bridgehead atoms. The highest BCUT2D eigenvalue weighted by atomic mass is 35.5. The van der Waals surface area contributed by atoms with Crippen LogP contribution in [0.15, 0.2) is 42.5 Å². The van der Waals surface area contributed by atoms with Crippen molar-refractivity contribution in [3.05, 3.63) is 63.6 Å². The fraction of sp³-hybridized carbons (Fsp3) is 0.133. The molecular formula is C15H13Cl2NO2. The minimum absolute atomic E-state index is 0.339. The van der Waals surface area contributed by atoms with Crippen LogP contribution in [0.3, 0.4) is 0 Å². The van der Waals surface area contributed by atoms with Crippen molar-refractivity contribution in [2.24, 2.45) is 0 Å². The molecule has 104 valence electrons. The van der Waals surface area contributed by atoms with Gasteiger partial charge in [0.2, 0.25) is 0 Å². The number of hydrogen-bond acceptors (Lipinski definition) is 3. The van der Waals surface area contributed by atoms with E-state index in [1.807, 2.05) is 18.2 Å². The predicted octanol–water partition coefficient (Wildman–Crippen LogP) is 4.39. The molecular weight excluding hydrogens is 297 g/mol. The number of esters is 1. The van der Waals surface area contributed by atoms with Crippen LogP contribution in [0.2, 0.25) is 10.0 Å². The van der Waals surface area contributed by atoms with Gasteiger partial charge in [-0.25, -0.2) is 4.79 Å². The molecule has 0 aliphatic carbocycles. The number of hydrogen-bond donors (Lipinski definition) is 1. The zero-order valence-corrected chi connectivity index (χ0v) is 12.3. The number of methoxy groups -OCH3 is 1. The molecule has 0 aromatic heterocycles. The second-order valence-corrected chi connectivity index (χ2v) is 4.99. The smallest absolute Gasteiger partial charge is 0.337 e. The number of benzene rings is 2. The molecule has 0 saturated carbocycles. The van der Waals surface area contributed by atoms with E-state index in [0.717, 1.165) is 11.3 Å². The number of anilines is 1. The van der Waals surface area contributed by atoms with Gasteiger partial charge in [0.25, 0.3) is 0 Å². The zero-order chi connectivity index (χ0) is 14.5. The lowest BCUT2D eigenvalue weighted by Crippen LogP contribution is -2.03. The quantitative estimate of drug-likeness (QED) is 0.851. The first-order valence-corrected chi connectivity index (χ1v) is 6.72. The molecule has 1 N–H and O–H groups in total. The average molecular weight is 310 g/mol. The summed E-state index contributed by atoms with van der Waals surface area (Å²) in [6.07, 6.45) is 0. The van der Waals surface area contributed by atoms with Crippen molar-refractivity contribution in [1.82, 2.24) is 0 Å². The van der Waals surface area contributed by atoms with Crippen molar-refractivity contribution in [2.75, 3.05) is 12.4 Å². The van der Waals surface area contributed by atoms with E-state index in [1.54, 1.807) is 24.3 Å². The van der Waals surface area contributed by atoms with Crippen LogP contribution in [0.5, 0.6) is 0 Å². The third-order valence-electron chi connectivity index (χ3n) is 2.79. The van der Waals surface area contributed by atoms with Gasteiger partial charge in [0.15, 0.2) is 0 Å². The van der Waals surface area contributed by atoms with Gasteiger partial charge in [-0.15, -0.1) is 0 Å². The highest BCUT2D eigenvalue weighted by Gasteiger charge is 2.04. The monoisotopic (exact) mass is 309 g/mol. The lowest BCUT2D eigenvalue weighted by molar-refractivity contribution is 0.0600. The van der Waals surface area contributed by atoms with Crippen LogP contribution >= 0.6 is 23.2 Å². The number of carbonyl (C=O) groups excluding carboxylic acids is 1. The Morgan fingerprint density at radius 2 is 1.80 bits per heavy atom. The Labute approximate surface area is 127 Å². The summed E-state index contributed by atoms with van der Waals surface area (Å²) in [5, 5.41) is 4.27. The first kappa shape index (κ1) is 14.7. The molecule has 0 heterocycles. The van der Waals surface area contributed by atoms with Crippen molar-refractivity contribution in [2.45, 2.75) is 6.54 Å². The van der Waals surface area contributed by atoms with Gasteiger partial charge in [0.1, 0.15) is 0 Å². The van der Waals surface area contributed by atoms with E-state index >= 15 is 0 Å². The number of carbonyl (C=O) groups is 1. The molecule has 20 heavy (non-hydrogen) atoms. The number of ether oxygens (including phenoxy) is 1. The van der Waals surface area contributed by atoms with Gasteiger partial charge in [-0.1, -0.05) is 35.3 Å². The summed E-state index contributed by atoms with van der Waals surface area (Å²) >= 11 is 11.8. The molecule has 0 saturated heterocycles. The molecule has 0 amide bonds. The Morgan fingerprint density at radius 1 is 1.10 bits per heavy atom. The van der Waals surface area contributed by atoms with Crippen LogP contribution in [0.25, 0.3) is 0 Å². The van der Waals surface area contributed by atoms with Crippen molar-refractivity contribution in [1.29, 1.82) is 0 Å². The van der Waals surface area contributed by atoms with Crippen LogP contribution < -0.4 is 5.32 Å². The first-order chi connectivity index (χ1) is 9.60. The van der Waals surface area contributed by atoms with Crippen molar-refractivity contribution in [3.63, 3.8) is 0 Å². The van der Waals surface area contributed by atoms with Crippen molar-refractivity contribution in [3.8, 4) is 0 Å². The molecule has 2 aromatic carbocycles. The van der Waals surface area contributed by atoms with Gasteiger partial charge in [-0.05, 0) is 35.9 Å². The average Bonchev–Trinajstić information content (AvgIpc) is 2.48. The minimum atomic E-state index is -0.339. The molecule has 0 radical (unpaired) electrons. The van der Waals surface area contributed by atoms with Gasteiger partial charge >= 0.3 is 5.97 Å². The normalized spacial score (nSPS) is 10.2. The van der Waals surface area contributed by atoms with Crippen molar-refractivity contribution >= 4 is 34.9 Å². The van der Waals surface area contributed by atoms with Gasteiger partial charge < -0.3 is 10.1 Å². The largest absolute Gasteiger partial charge is 0.465 e. The standard InChI is InChI=1S/C15H13Cl2NO2/c1-20-15(19)11-4-2-10(3-5-11)9-18-12-6-7-13(16)14(17)8-12/h2-8,18H,9H2,1H3. The molecule has 0 atom stereocenters. The molecule has 0 fully saturated rings. The minimum Gasteiger partial charge on any atom is -0.465 e. The number of nitrogens with one attached hydrogen (secondary N) is 1. The molecule has 3 nitrogen and oxygen atoms in total. The third-order valence-corrected chi connectivity index (χ3v) is 3.53. The van der Waals surface area contributed by atoms with Crippen LogP contribution in [0.1, 0.15) is 15.9 Å². The van der Waals surface area contributed by atoms with Crippen LogP contribution in [-0.4, -0.2) is 13.1 Å². The molecule has 5 heteroatoms. The highest BCUT2D eigenvalue weighted by molar-refractivity contribution is 6.42. The second-order valence-electron chi connectivity index (χ2n) is 4.17. The molecule has 0 aliphatic heterocycles. The van der Waals surface area contributed by atoms with Gasteiger partial charge in [-0.2, -0.15) is 0 Å². The lowest BCUT2D eigenvalue weighted by atomic mass is 10.1. The molecule has 2 aromatic rings. The van der Waals surface area contributed by atoms with Gasteiger partial charge in [0.05, 0.1) is 22.7 Å². The summed E-state index contributed by atoms with van der Waals surface area (Å²) < 4.78 is 4.65. The molecule has 2 rings (SSSR count). The predicted molar refractivity (Wildman–Crippen MR) is 81.6 cm³/mol. The van der Waals surface area contributed by atoms with E-state index in [4.69, 9.17) is 23.2 Å². The zero-order valence-electron chi connectivity index (χ0n) is 10.8. The second kappa shape index (κ2) is 6.64. The van der Waals surface area contributed by atoms with E-state index in [-0.39, 0.29) is 5.97 Å². The van der Waals surface area contributed by atoms with E-state index in [0.29, 0.717) is 22.2 Å². The summed E-state index contributed by atoms with van der Waals surface area (Å²) in [7, 11) is 1.36.